The number of hydrogen-bond acceptors (Lipinski definition) is 3. The van der Waals surface area contributed by atoms with E-state index in [0.717, 1.165) is 16.7 Å². The summed E-state index contributed by atoms with van der Waals surface area (Å²) in [7, 11) is 0. The quantitative estimate of drug-likeness (QED) is 0.843. The zero-order chi connectivity index (χ0) is 13.3. The van der Waals surface area contributed by atoms with E-state index in [2.05, 4.69) is 9.97 Å². The number of carbonyl (C=O) groups is 1. The molecule has 0 aliphatic rings. The van der Waals surface area contributed by atoms with Crippen LogP contribution in [0.1, 0.15) is 21.6 Å². The molecule has 92 valence electrons. The predicted octanol–water partition coefficient (Wildman–Crippen LogP) is 1.75. The molecule has 2 aromatic rings. The molecule has 0 spiro atoms. The molecule has 2 rings (SSSR count). The van der Waals surface area contributed by atoms with Gasteiger partial charge in [0.1, 0.15) is 5.69 Å². The van der Waals surface area contributed by atoms with E-state index in [9.17, 15) is 9.59 Å². The first kappa shape index (κ1) is 12.0. The van der Waals surface area contributed by atoms with Gasteiger partial charge in [0.05, 0.1) is 5.69 Å². The predicted molar refractivity (Wildman–Crippen MR) is 66.7 cm³/mol. The highest BCUT2D eigenvalue weighted by molar-refractivity contribution is 5.86. The van der Waals surface area contributed by atoms with E-state index in [1.165, 1.54) is 6.07 Å². The Bertz CT molecular complexity index is 654. The molecule has 0 aliphatic carbocycles. The van der Waals surface area contributed by atoms with Gasteiger partial charge >= 0.3 is 11.7 Å². The number of aromatic carboxylic acids is 1. The number of aryl methyl sites for hydroxylation is 2. The van der Waals surface area contributed by atoms with Crippen LogP contribution in [0.25, 0.3) is 11.3 Å². The molecule has 0 fully saturated rings. The summed E-state index contributed by atoms with van der Waals surface area (Å²) in [6.07, 6.45) is 0. The van der Waals surface area contributed by atoms with Gasteiger partial charge < -0.3 is 5.11 Å². The van der Waals surface area contributed by atoms with Crippen molar-refractivity contribution in [3.63, 3.8) is 0 Å². The number of H-pyrrole nitrogens is 1. The standard InChI is InChI=1S/C13H12N2O3/c1-7-3-8(2)5-9(4-7)10-6-11(12(16)17)15-13(18)14-10/h3-6H,1-2H3,(H,16,17)(H,14,15,18). The molecule has 1 heterocycles. The molecule has 0 radical (unpaired) electrons. The molecule has 5 heteroatoms. The van der Waals surface area contributed by atoms with E-state index in [1.54, 1.807) is 0 Å². The largest absolute Gasteiger partial charge is 0.477 e. The van der Waals surface area contributed by atoms with Gasteiger partial charge in [-0.3, -0.25) is 4.98 Å². The van der Waals surface area contributed by atoms with Gasteiger partial charge in [-0.15, -0.1) is 0 Å². The maximum Gasteiger partial charge on any atom is 0.352 e. The average Bonchev–Trinajstić information content (AvgIpc) is 2.26. The number of carboxylic acids is 1. The van der Waals surface area contributed by atoms with Gasteiger partial charge in [-0.2, -0.15) is 4.98 Å². The van der Waals surface area contributed by atoms with E-state index in [1.807, 2.05) is 32.0 Å². The van der Waals surface area contributed by atoms with E-state index in [0.29, 0.717) is 5.69 Å². The maximum atomic E-state index is 11.3. The van der Waals surface area contributed by atoms with E-state index in [4.69, 9.17) is 5.11 Å². The van der Waals surface area contributed by atoms with Crippen LogP contribution in [0.3, 0.4) is 0 Å². The van der Waals surface area contributed by atoms with E-state index in [-0.39, 0.29) is 5.69 Å². The van der Waals surface area contributed by atoms with Crippen molar-refractivity contribution < 1.29 is 9.90 Å². The average molecular weight is 244 g/mol. The Morgan fingerprint density at radius 1 is 1.17 bits per heavy atom. The number of nitrogens with one attached hydrogen (secondary N) is 1. The fourth-order valence-corrected chi connectivity index (χ4v) is 1.84. The molecule has 0 saturated carbocycles. The van der Waals surface area contributed by atoms with Gasteiger partial charge in [-0.05, 0) is 32.0 Å². The highest BCUT2D eigenvalue weighted by Gasteiger charge is 2.09. The Kier molecular flexibility index (Phi) is 2.97. The summed E-state index contributed by atoms with van der Waals surface area (Å²) in [5.41, 5.74) is 2.34. The Morgan fingerprint density at radius 3 is 2.33 bits per heavy atom. The number of nitrogens with zero attached hydrogens (tertiary/aromatic N) is 1. The number of hydrogen-bond donors (Lipinski definition) is 2. The van der Waals surface area contributed by atoms with Crippen LogP contribution in [0.4, 0.5) is 0 Å². The number of carboxylic acid groups (broad SMARTS) is 1. The monoisotopic (exact) mass is 244 g/mol. The first-order chi connectivity index (χ1) is 8.45. The number of rotatable bonds is 2. The Hall–Kier alpha value is -2.43. The van der Waals surface area contributed by atoms with Crippen LogP contribution in [0.15, 0.2) is 29.1 Å². The zero-order valence-corrected chi connectivity index (χ0v) is 10.0. The third-order valence-corrected chi connectivity index (χ3v) is 2.49. The third kappa shape index (κ3) is 2.45. The topological polar surface area (TPSA) is 83.0 Å². The normalized spacial score (nSPS) is 10.3. The fraction of sp³-hybridized carbons (Fsp3) is 0.154. The minimum Gasteiger partial charge on any atom is -0.477 e. The van der Waals surface area contributed by atoms with E-state index < -0.39 is 11.7 Å². The van der Waals surface area contributed by atoms with Crippen molar-refractivity contribution in [3.05, 3.63) is 51.6 Å². The van der Waals surface area contributed by atoms with Crippen molar-refractivity contribution in [2.45, 2.75) is 13.8 Å². The minimum atomic E-state index is -1.18. The molecule has 0 saturated heterocycles. The number of aromatic amines is 1. The highest BCUT2D eigenvalue weighted by Crippen LogP contribution is 2.19. The van der Waals surface area contributed by atoms with Gasteiger partial charge in [-0.25, -0.2) is 9.59 Å². The third-order valence-electron chi connectivity index (χ3n) is 2.49. The van der Waals surface area contributed by atoms with Crippen LogP contribution >= 0.6 is 0 Å². The van der Waals surface area contributed by atoms with Gasteiger partial charge in [0.25, 0.3) is 0 Å². The molecular formula is C13H12N2O3. The second-order valence-electron chi connectivity index (χ2n) is 4.17. The summed E-state index contributed by atoms with van der Waals surface area (Å²) >= 11 is 0. The second kappa shape index (κ2) is 4.44. The first-order valence-corrected chi connectivity index (χ1v) is 5.39. The van der Waals surface area contributed by atoms with Gasteiger partial charge in [0.15, 0.2) is 0 Å². The second-order valence-corrected chi connectivity index (χ2v) is 4.17. The van der Waals surface area contributed by atoms with Crippen LogP contribution < -0.4 is 5.69 Å². The summed E-state index contributed by atoms with van der Waals surface area (Å²) < 4.78 is 0. The highest BCUT2D eigenvalue weighted by atomic mass is 16.4. The van der Waals surface area contributed by atoms with Crippen molar-refractivity contribution >= 4 is 5.97 Å². The molecule has 1 aromatic heterocycles. The molecular weight excluding hydrogens is 232 g/mol. The van der Waals surface area contributed by atoms with Crippen LogP contribution in [-0.2, 0) is 0 Å². The lowest BCUT2D eigenvalue weighted by Gasteiger charge is -2.04. The molecule has 0 amide bonds. The fourth-order valence-electron chi connectivity index (χ4n) is 1.84. The molecule has 5 nitrogen and oxygen atoms in total. The molecule has 0 aliphatic heterocycles. The summed E-state index contributed by atoms with van der Waals surface area (Å²) in [5, 5.41) is 8.89. The van der Waals surface area contributed by atoms with Gasteiger partial charge in [-0.1, -0.05) is 17.2 Å². The van der Waals surface area contributed by atoms with Crippen molar-refractivity contribution in [1.82, 2.24) is 9.97 Å². The van der Waals surface area contributed by atoms with Gasteiger partial charge in [0, 0.05) is 5.56 Å². The maximum absolute atomic E-state index is 11.3. The Morgan fingerprint density at radius 2 is 1.78 bits per heavy atom. The number of benzene rings is 1. The van der Waals surface area contributed by atoms with E-state index >= 15 is 0 Å². The Balaban J connectivity index is 2.63. The Labute approximate surface area is 103 Å². The lowest BCUT2D eigenvalue weighted by atomic mass is 10.0. The minimum absolute atomic E-state index is 0.163. The smallest absolute Gasteiger partial charge is 0.352 e. The lowest BCUT2D eigenvalue weighted by molar-refractivity contribution is 0.0690. The molecule has 0 unspecified atom stereocenters. The zero-order valence-electron chi connectivity index (χ0n) is 10.0. The van der Waals surface area contributed by atoms with Crippen LogP contribution in [0.5, 0.6) is 0 Å². The van der Waals surface area contributed by atoms with Gasteiger partial charge in [0.2, 0.25) is 0 Å². The van der Waals surface area contributed by atoms with Crippen molar-refractivity contribution in [1.29, 1.82) is 0 Å². The molecule has 0 bridgehead atoms. The summed E-state index contributed by atoms with van der Waals surface area (Å²) in [4.78, 5) is 28.2. The summed E-state index contributed by atoms with van der Waals surface area (Å²) in [5.74, 6) is -1.18. The molecule has 18 heavy (non-hydrogen) atoms. The summed E-state index contributed by atoms with van der Waals surface area (Å²) in [6.45, 7) is 3.86. The van der Waals surface area contributed by atoms with Crippen LogP contribution in [0, 0.1) is 13.8 Å². The SMILES string of the molecule is Cc1cc(C)cc(-c2cc(C(=O)O)[nH]c(=O)n2)c1. The summed E-state index contributed by atoms with van der Waals surface area (Å²) in [6, 6.07) is 7.08. The van der Waals surface area contributed by atoms with Crippen LogP contribution in [-0.4, -0.2) is 21.0 Å². The van der Waals surface area contributed by atoms with Crippen molar-refractivity contribution in [3.8, 4) is 11.3 Å². The first-order valence-electron chi connectivity index (χ1n) is 5.39. The van der Waals surface area contributed by atoms with Crippen molar-refractivity contribution in [2.75, 3.05) is 0 Å². The van der Waals surface area contributed by atoms with Crippen molar-refractivity contribution in [2.24, 2.45) is 0 Å². The lowest BCUT2D eigenvalue weighted by Crippen LogP contribution is -2.16. The molecule has 1 aromatic carbocycles. The molecule has 2 N–H and O–H groups in total. The molecule has 0 atom stereocenters. The van der Waals surface area contributed by atoms with Crippen LogP contribution in [0.2, 0.25) is 0 Å². The number of aromatic nitrogens is 2.